The minimum Gasteiger partial charge on any atom is -0.465 e. The second kappa shape index (κ2) is 12.2. The molecular formula is C21H33N3O3. The molecule has 0 aliphatic heterocycles. The molecule has 150 valence electrons. The predicted molar refractivity (Wildman–Crippen MR) is 109 cm³/mol. The Morgan fingerprint density at radius 1 is 1.04 bits per heavy atom. The van der Waals surface area contributed by atoms with E-state index in [2.05, 4.69) is 34.7 Å². The van der Waals surface area contributed by atoms with Crippen molar-refractivity contribution in [3.8, 4) is 0 Å². The van der Waals surface area contributed by atoms with E-state index in [0.29, 0.717) is 25.5 Å². The SMILES string of the molecule is CCCCCCCCCCc1ccc2oc(NCCCNC(=O)O)nc2c1. The van der Waals surface area contributed by atoms with Crippen LogP contribution in [0.3, 0.4) is 0 Å². The highest BCUT2D eigenvalue weighted by atomic mass is 16.4. The smallest absolute Gasteiger partial charge is 0.404 e. The Labute approximate surface area is 161 Å². The van der Waals surface area contributed by atoms with Gasteiger partial charge < -0.3 is 20.2 Å². The summed E-state index contributed by atoms with van der Waals surface area (Å²) in [5.41, 5.74) is 2.96. The predicted octanol–water partition coefficient (Wildman–Crippen LogP) is 5.58. The van der Waals surface area contributed by atoms with Crippen molar-refractivity contribution in [2.45, 2.75) is 71.1 Å². The van der Waals surface area contributed by atoms with Gasteiger partial charge in [0.1, 0.15) is 5.52 Å². The van der Waals surface area contributed by atoms with Crippen LogP contribution in [0.15, 0.2) is 22.6 Å². The zero-order valence-corrected chi connectivity index (χ0v) is 16.4. The van der Waals surface area contributed by atoms with Gasteiger partial charge in [-0.05, 0) is 37.0 Å². The van der Waals surface area contributed by atoms with Gasteiger partial charge in [0.15, 0.2) is 5.58 Å². The summed E-state index contributed by atoms with van der Waals surface area (Å²) < 4.78 is 5.68. The van der Waals surface area contributed by atoms with Gasteiger partial charge in [-0.1, -0.05) is 57.9 Å². The average molecular weight is 376 g/mol. The third-order valence-electron chi connectivity index (χ3n) is 4.68. The highest BCUT2D eigenvalue weighted by Gasteiger charge is 2.06. The first-order valence-corrected chi connectivity index (χ1v) is 10.3. The number of aryl methyl sites for hydroxylation is 1. The molecule has 27 heavy (non-hydrogen) atoms. The molecule has 2 aromatic rings. The van der Waals surface area contributed by atoms with Crippen LogP contribution in [0.5, 0.6) is 0 Å². The molecule has 1 heterocycles. The molecule has 0 fully saturated rings. The Balaban J connectivity index is 1.67. The highest BCUT2D eigenvalue weighted by Crippen LogP contribution is 2.21. The van der Waals surface area contributed by atoms with E-state index >= 15 is 0 Å². The molecule has 6 nitrogen and oxygen atoms in total. The van der Waals surface area contributed by atoms with Crippen LogP contribution in [0.2, 0.25) is 0 Å². The van der Waals surface area contributed by atoms with Crippen LogP contribution in [0.1, 0.15) is 70.3 Å². The Bertz CT molecular complexity index is 684. The standard InChI is InChI=1S/C21H33N3O3/c1-2-3-4-5-6-7-8-9-11-17-12-13-19-18(16-17)24-20(27-19)22-14-10-15-23-21(25)26/h12-13,16,23H,2-11,14-15H2,1H3,(H,22,24)(H,25,26). The average Bonchev–Trinajstić information content (AvgIpc) is 3.05. The summed E-state index contributed by atoms with van der Waals surface area (Å²) in [5.74, 6) is 0. The number of hydrogen-bond donors (Lipinski definition) is 3. The lowest BCUT2D eigenvalue weighted by molar-refractivity contribution is 0.194. The maximum Gasteiger partial charge on any atom is 0.404 e. The lowest BCUT2D eigenvalue weighted by Gasteiger charge is -2.02. The van der Waals surface area contributed by atoms with Crippen molar-refractivity contribution in [1.29, 1.82) is 0 Å². The summed E-state index contributed by atoms with van der Waals surface area (Å²) in [6.45, 7) is 3.27. The maximum atomic E-state index is 10.4. The lowest BCUT2D eigenvalue weighted by atomic mass is 10.0. The molecule has 0 radical (unpaired) electrons. The van der Waals surface area contributed by atoms with Gasteiger partial charge in [-0.3, -0.25) is 0 Å². The van der Waals surface area contributed by atoms with E-state index in [1.165, 1.54) is 56.9 Å². The molecule has 6 heteroatoms. The number of benzene rings is 1. The van der Waals surface area contributed by atoms with Gasteiger partial charge in [0, 0.05) is 13.1 Å². The second-order valence-corrected chi connectivity index (χ2v) is 7.06. The monoisotopic (exact) mass is 375 g/mol. The van der Waals surface area contributed by atoms with Crippen LogP contribution in [0.4, 0.5) is 10.8 Å². The van der Waals surface area contributed by atoms with E-state index in [1.54, 1.807) is 0 Å². The molecule has 1 aromatic heterocycles. The molecule has 0 saturated heterocycles. The Morgan fingerprint density at radius 3 is 2.52 bits per heavy atom. The Kier molecular flexibility index (Phi) is 9.52. The Hall–Kier alpha value is -2.24. The number of amides is 1. The van der Waals surface area contributed by atoms with Crippen LogP contribution >= 0.6 is 0 Å². The van der Waals surface area contributed by atoms with E-state index in [-0.39, 0.29) is 0 Å². The van der Waals surface area contributed by atoms with Gasteiger partial charge in [-0.2, -0.15) is 4.98 Å². The Morgan fingerprint density at radius 2 is 1.78 bits per heavy atom. The first kappa shape index (κ1) is 21.1. The fraction of sp³-hybridized carbons (Fsp3) is 0.619. The van der Waals surface area contributed by atoms with Gasteiger partial charge in [0.25, 0.3) is 6.01 Å². The number of nitrogens with zero attached hydrogens (tertiary/aromatic N) is 1. The van der Waals surface area contributed by atoms with Crippen LogP contribution in [-0.4, -0.2) is 29.3 Å². The van der Waals surface area contributed by atoms with Crippen LogP contribution in [0.25, 0.3) is 11.1 Å². The highest BCUT2D eigenvalue weighted by molar-refractivity contribution is 5.75. The number of carboxylic acid groups (broad SMARTS) is 1. The number of unbranched alkanes of at least 4 members (excludes halogenated alkanes) is 7. The second-order valence-electron chi connectivity index (χ2n) is 7.06. The minimum atomic E-state index is -0.999. The van der Waals surface area contributed by atoms with Gasteiger partial charge in [0.05, 0.1) is 0 Å². The van der Waals surface area contributed by atoms with E-state index < -0.39 is 6.09 Å². The number of hydrogen-bond acceptors (Lipinski definition) is 4. The van der Waals surface area contributed by atoms with E-state index in [0.717, 1.165) is 17.5 Å². The lowest BCUT2D eigenvalue weighted by Crippen LogP contribution is -2.23. The number of nitrogens with one attached hydrogen (secondary N) is 2. The molecule has 0 unspecified atom stereocenters. The number of carbonyl (C=O) groups is 1. The molecule has 0 saturated carbocycles. The first-order valence-electron chi connectivity index (χ1n) is 10.3. The first-order chi connectivity index (χ1) is 13.2. The zero-order chi connectivity index (χ0) is 19.3. The molecule has 1 aromatic carbocycles. The molecule has 0 aliphatic rings. The number of fused-ring (bicyclic) bond motifs is 1. The molecule has 0 bridgehead atoms. The third-order valence-corrected chi connectivity index (χ3v) is 4.68. The number of rotatable bonds is 14. The van der Waals surface area contributed by atoms with Gasteiger partial charge >= 0.3 is 6.09 Å². The molecule has 2 rings (SSSR count). The summed E-state index contributed by atoms with van der Waals surface area (Å²) in [5, 5.41) is 14.0. The van der Waals surface area contributed by atoms with Crippen molar-refractivity contribution in [3.05, 3.63) is 23.8 Å². The summed E-state index contributed by atoms with van der Waals surface area (Å²) in [7, 11) is 0. The molecule has 1 amide bonds. The zero-order valence-electron chi connectivity index (χ0n) is 16.4. The van der Waals surface area contributed by atoms with E-state index in [4.69, 9.17) is 9.52 Å². The fourth-order valence-corrected chi connectivity index (χ4v) is 3.15. The molecular weight excluding hydrogens is 342 g/mol. The van der Waals surface area contributed by atoms with Crippen molar-refractivity contribution in [2.24, 2.45) is 0 Å². The maximum absolute atomic E-state index is 10.4. The van der Waals surface area contributed by atoms with Crippen molar-refractivity contribution in [2.75, 3.05) is 18.4 Å². The largest absolute Gasteiger partial charge is 0.465 e. The molecule has 0 spiro atoms. The van der Waals surface area contributed by atoms with Gasteiger partial charge in [-0.25, -0.2) is 4.79 Å². The van der Waals surface area contributed by atoms with Crippen LogP contribution in [0, 0.1) is 0 Å². The molecule has 3 N–H and O–H groups in total. The summed E-state index contributed by atoms with van der Waals surface area (Å²) in [4.78, 5) is 14.9. The third kappa shape index (κ3) is 8.33. The molecule has 0 aliphatic carbocycles. The summed E-state index contributed by atoms with van der Waals surface area (Å²) >= 11 is 0. The summed E-state index contributed by atoms with van der Waals surface area (Å²) in [6.07, 6.45) is 11.4. The normalized spacial score (nSPS) is 11.0. The number of oxazole rings is 1. The van der Waals surface area contributed by atoms with Crippen molar-refractivity contribution in [1.82, 2.24) is 10.3 Å². The van der Waals surface area contributed by atoms with Crippen molar-refractivity contribution in [3.63, 3.8) is 0 Å². The quantitative estimate of drug-likeness (QED) is 0.375. The minimum absolute atomic E-state index is 0.408. The van der Waals surface area contributed by atoms with Crippen molar-refractivity contribution < 1.29 is 14.3 Å². The van der Waals surface area contributed by atoms with E-state index in [1.807, 2.05) is 6.07 Å². The van der Waals surface area contributed by atoms with E-state index in [9.17, 15) is 4.79 Å². The number of aromatic nitrogens is 1. The van der Waals surface area contributed by atoms with Gasteiger partial charge in [0.2, 0.25) is 0 Å². The summed E-state index contributed by atoms with van der Waals surface area (Å²) in [6, 6.07) is 6.70. The van der Waals surface area contributed by atoms with Gasteiger partial charge in [-0.15, -0.1) is 0 Å². The van der Waals surface area contributed by atoms with Crippen LogP contribution < -0.4 is 10.6 Å². The fourth-order valence-electron chi connectivity index (χ4n) is 3.15. The number of anilines is 1. The van der Waals surface area contributed by atoms with Crippen LogP contribution in [-0.2, 0) is 6.42 Å². The van der Waals surface area contributed by atoms with Crippen molar-refractivity contribution >= 4 is 23.2 Å². The topological polar surface area (TPSA) is 87.4 Å². The molecule has 0 atom stereocenters.